The van der Waals surface area contributed by atoms with Crippen LogP contribution in [0.5, 0.6) is 0 Å². The number of carbonyl (C=O) groups excluding carboxylic acids is 1. The van der Waals surface area contributed by atoms with E-state index < -0.39 is 16.1 Å². The number of halogens is 1. The Kier molecular flexibility index (Phi) is 4.44. The highest BCUT2D eigenvalue weighted by atomic mass is 35.5. The predicted molar refractivity (Wildman–Crippen MR) is 72.4 cm³/mol. The topological polar surface area (TPSA) is 75.3 Å². The molecule has 2 rings (SSSR count). The molecule has 1 aromatic carbocycles. The van der Waals surface area contributed by atoms with Crippen LogP contribution in [0.4, 0.5) is 0 Å². The Labute approximate surface area is 117 Å². The van der Waals surface area contributed by atoms with Crippen molar-refractivity contribution in [2.45, 2.75) is 30.2 Å². The number of hydrogen-bond acceptors (Lipinski definition) is 3. The van der Waals surface area contributed by atoms with Gasteiger partial charge in [-0.15, -0.1) is 0 Å². The third-order valence-electron chi connectivity index (χ3n) is 2.96. The van der Waals surface area contributed by atoms with Gasteiger partial charge < -0.3 is 5.32 Å². The monoisotopic (exact) mass is 302 g/mol. The molecular formula is C12H15ClN2O3S. The van der Waals surface area contributed by atoms with Crippen molar-refractivity contribution in [2.24, 2.45) is 0 Å². The van der Waals surface area contributed by atoms with Crippen molar-refractivity contribution in [1.82, 2.24) is 10.0 Å². The summed E-state index contributed by atoms with van der Waals surface area (Å²) in [4.78, 5) is 11.7. The van der Waals surface area contributed by atoms with E-state index in [1.165, 1.54) is 12.1 Å². The first kappa shape index (κ1) is 14.3. The Morgan fingerprint density at radius 2 is 2.00 bits per heavy atom. The Balaban J connectivity index is 2.21. The first-order valence-electron chi connectivity index (χ1n) is 6.05. The highest BCUT2D eigenvalue weighted by molar-refractivity contribution is 7.89. The summed E-state index contributed by atoms with van der Waals surface area (Å²) in [5.41, 5.74) is 0. The molecule has 0 spiro atoms. The van der Waals surface area contributed by atoms with Crippen LogP contribution in [0, 0.1) is 0 Å². The lowest BCUT2D eigenvalue weighted by molar-refractivity contribution is -0.122. The van der Waals surface area contributed by atoms with Gasteiger partial charge in [-0.05, 0) is 31.4 Å². The van der Waals surface area contributed by atoms with Gasteiger partial charge in [0.25, 0.3) is 0 Å². The SMILES string of the molecule is O=C1NCCCC[C@H]1NS(=O)(=O)c1ccccc1Cl. The normalized spacial score (nSPS) is 20.7. The van der Waals surface area contributed by atoms with Crippen LogP contribution in [0.25, 0.3) is 0 Å². The molecule has 1 atom stereocenters. The summed E-state index contributed by atoms with van der Waals surface area (Å²) in [6, 6.07) is 5.43. The maximum absolute atomic E-state index is 12.2. The smallest absolute Gasteiger partial charge is 0.242 e. The molecule has 1 heterocycles. The lowest BCUT2D eigenvalue weighted by Crippen LogP contribution is -2.45. The minimum Gasteiger partial charge on any atom is -0.355 e. The van der Waals surface area contributed by atoms with E-state index >= 15 is 0 Å². The standard InChI is InChI=1S/C12H15ClN2O3S/c13-9-5-1-2-7-11(9)19(17,18)15-10-6-3-4-8-14-12(10)16/h1-2,5,7,10,15H,3-4,6,8H2,(H,14,16)/t10-/m1/s1. The van der Waals surface area contributed by atoms with Crippen molar-refractivity contribution in [2.75, 3.05) is 6.54 Å². The van der Waals surface area contributed by atoms with Gasteiger partial charge in [-0.1, -0.05) is 23.7 Å². The minimum atomic E-state index is -3.78. The summed E-state index contributed by atoms with van der Waals surface area (Å²) < 4.78 is 26.8. The van der Waals surface area contributed by atoms with E-state index in [9.17, 15) is 13.2 Å². The van der Waals surface area contributed by atoms with E-state index in [1.807, 2.05) is 0 Å². The number of nitrogens with one attached hydrogen (secondary N) is 2. The zero-order chi connectivity index (χ0) is 13.9. The van der Waals surface area contributed by atoms with Crippen molar-refractivity contribution in [1.29, 1.82) is 0 Å². The maximum atomic E-state index is 12.2. The Morgan fingerprint density at radius 1 is 1.26 bits per heavy atom. The first-order valence-corrected chi connectivity index (χ1v) is 7.91. The molecule has 1 aliphatic rings. The second-order valence-electron chi connectivity index (χ2n) is 4.39. The van der Waals surface area contributed by atoms with Crippen LogP contribution < -0.4 is 10.0 Å². The fourth-order valence-corrected chi connectivity index (χ4v) is 3.71. The molecule has 1 fully saturated rings. The quantitative estimate of drug-likeness (QED) is 0.883. The van der Waals surface area contributed by atoms with E-state index in [-0.39, 0.29) is 15.8 Å². The fourth-order valence-electron chi connectivity index (χ4n) is 1.97. The van der Waals surface area contributed by atoms with Crippen molar-refractivity contribution in [3.05, 3.63) is 29.3 Å². The van der Waals surface area contributed by atoms with Crippen LogP contribution in [0.3, 0.4) is 0 Å². The molecule has 2 N–H and O–H groups in total. The molecule has 7 heteroatoms. The number of benzene rings is 1. The van der Waals surface area contributed by atoms with Crippen LogP contribution in [0.1, 0.15) is 19.3 Å². The van der Waals surface area contributed by atoms with Gasteiger partial charge in [0.1, 0.15) is 10.9 Å². The van der Waals surface area contributed by atoms with Gasteiger partial charge in [-0.3, -0.25) is 4.79 Å². The molecule has 104 valence electrons. The summed E-state index contributed by atoms with van der Waals surface area (Å²) in [6.07, 6.45) is 2.15. The van der Waals surface area contributed by atoms with Crippen molar-refractivity contribution in [3.63, 3.8) is 0 Å². The van der Waals surface area contributed by atoms with E-state index in [1.54, 1.807) is 12.1 Å². The average Bonchev–Trinajstić information content (AvgIpc) is 2.55. The molecule has 0 bridgehead atoms. The molecule has 1 amide bonds. The number of carbonyl (C=O) groups is 1. The summed E-state index contributed by atoms with van der Waals surface area (Å²) in [5, 5.41) is 2.83. The molecule has 0 saturated carbocycles. The van der Waals surface area contributed by atoms with Crippen LogP contribution in [0.15, 0.2) is 29.2 Å². The van der Waals surface area contributed by atoms with E-state index in [2.05, 4.69) is 10.0 Å². The highest BCUT2D eigenvalue weighted by Gasteiger charge is 2.27. The van der Waals surface area contributed by atoms with Gasteiger partial charge in [0.2, 0.25) is 15.9 Å². The third-order valence-corrected chi connectivity index (χ3v) is 4.93. The van der Waals surface area contributed by atoms with E-state index in [0.29, 0.717) is 13.0 Å². The van der Waals surface area contributed by atoms with Crippen LogP contribution in [-0.4, -0.2) is 26.9 Å². The molecule has 0 aliphatic carbocycles. The van der Waals surface area contributed by atoms with E-state index in [4.69, 9.17) is 11.6 Å². The summed E-state index contributed by atoms with van der Waals surface area (Å²) in [6.45, 7) is 0.586. The molecule has 5 nitrogen and oxygen atoms in total. The van der Waals surface area contributed by atoms with Crippen LogP contribution >= 0.6 is 11.6 Å². The van der Waals surface area contributed by atoms with Crippen LogP contribution in [-0.2, 0) is 14.8 Å². The minimum absolute atomic E-state index is 0.00582. The molecule has 1 saturated heterocycles. The molecular weight excluding hydrogens is 288 g/mol. The fraction of sp³-hybridized carbons (Fsp3) is 0.417. The second-order valence-corrected chi connectivity index (χ2v) is 6.48. The summed E-state index contributed by atoms with van der Waals surface area (Å²) in [5.74, 6) is -0.284. The highest BCUT2D eigenvalue weighted by Crippen LogP contribution is 2.21. The number of rotatable bonds is 3. The summed E-state index contributed by atoms with van der Waals surface area (Å²) >= 11 is 5.88. The van der Waals surface area contributed by atoms with Gasteiger partial charge >= 0.3 is 0 Å². The largest absolute Gasteiger partial charge is 0.355 e. The average molecular weight is 303 g/mol. The molecule has 0 aromatic heterocycles. The van der Waals surface area contributed by atoms with Crippen molar-refractivity contribution in [3.8, 4) is 0 Å². The summed E-state index contributed by atoms with van der Waals surface area (Å²) in [7, 11) is -3.78. The van der Waals surface area contributed by atoms with Gasteiger partial charge in [-0.2, -0.15) is 4.72 Å². The first-order chi connectivity index (χ1) is 9.00. The number of sulfonamides is 1. The number of amides is 1. The zero-order valence-electron chi connectivity index (χ0n) is 10.2. The van der Waals surface area contributed by atoms with E-state index in [0.717, 1.165) is 12.8 Å². The molecule has 1 aliphatic heterocycles. The molecule has 0 unspecified atom stereocenters. The third kappa shape index (κ3) is 3.46. The predicted octanol–water partition coefficient (Wildman–Crippen LogP) is 1.29. The molecule has 0 radical (unpaired) electrons. The molecule has 1 aromatic rings. The van der Waals surface area contributed by atoms with Gasteiger partial charge in [0.15, 0.2) is 0 Å². The van der Waals surface area contributed by atoms with Crippen molar-refractivity contribution >= 4 is 27.5 Å². The Hall–Kier alpha value is -1.11. The maximum Gasteiger partial charge on any atom is 0.242 e. The zero-order valence-corrected chi connectivity index (χ0v) is 11.8. The lowest BCUT2D eigenvalue weighted by atomic mass is 10.1. The van der Waals surface area contributed by atoms with Crippen LogP contribution in [0.2, 0.25) is 5.02 Å². The van der Waals surface area contributed by atoms with Gasteiger partial charge in [0, 0.05) is 6.54 Å². The Morgan fingerprint density at radius 3 is 2.74 bits per heavy atom. The Bertz CT molecular complexity index is 574. The van der Waals surface area contributed by atoms with Gasteiger partial charge in [0.05, 0.1) is 5.02 Å². The second kappa shape index (κ2) is 5.90. The number of hydrogen-bond donors (Lipinski definition) is 2. The van der Waals surface area contributed by atoms with Gasteiger partial charge in [-0.25, -0.2) is 8.42 Å². The lowest BCUT2D eigenvalue weighted by Gasteiger charge is -2.15. The van der Waals surface area contributed by atoms with Crippen molar-refractivity contribution < 1.29 is 13.2 Å². The molecule has 19 heavy (non-hydrogen) atoms.